The maximum Gasteiger partial charge on any atom is 0.405 e. The van der Waals surface area contributed by atoms with E-state index in [4.69, 9.17) is 5.73 Å². The number of rotatable bonds is 3. The molecular formula is C11H20F3N3O. The predicted molar refractivity (Wildman–Crippen MR) is 61.9 cm³/mol. The van der Waals surface area contributed by atoms with E-state index in [1.165, 1.54) is 0 Å². The van der Waals surface area contributed by atoms with Crippen LogP contribution >= 0.6 is 0 Å². The Hall–Kier alpha value is -0.820. The molecular weight excluding hydrogens is 247 g/mol. The molecule has 0 aromatic heterocycles. The lowest BCUT2D eigenvalue weighted by Gasteiger charge is -2.42. The van der Waals surface area contributed by atoms with Gasteiger partial charge in [0, 0.05) is 19.1 Å². The Morgan fingerprint density at radius 1 is 1.50 bits per heavy atom. The number of piperidine rings is 1. The third kappa shape index (κ3) is 4.81. The summed E-state index contributed by atoms with van der Waals surface area (Å²) < 4.78 is 35.8. The van der Waals surface area contributed by atoms with Crippen molar-refractivity contribution in [3.63, 3.8) is 0 Å². The van der Waals surface area contributed by atoms with Gasteiger partial charge in [0.15, 0.2) is 0 Å². The van der Waals surface area contributed by atoms with Crippen molar-refractivity contribution in [1.82, 2.24) is 10.2 Å². The maximum absolute atomic E-state index is 11.9. The molecule has 4 nitrogen and oxygen atoms in total. The first-order valence-electron chi connectivity index (χ1n) is 5.91. The van der Waals surface area contributed by atoms with E-state index in [0.29, 0.717) is 13.1 Å². The molecule has 0 radical (unpaired) electrons. The fourth-order valence-electron chi connectivity index (χ4n) is 2.08. The number of carbonyl (C=O) groups is 1. The van der Waals surface area contributed by atoms with Gasteiger partial charge < -0.3 is 11.1 Å². The molecule has 1 rings (SSSR count). The van der Waals surface area contributed by atoms with E-state index in [-0.39, 0.29) is 18.0 Å². The van der Waals surface area contributed by atoms with Crippen LogP contribution < -0.4 is 11.1 Å². The van der Waals surface area contributed by atoms with Crippen molar-refractivity contribution in [3.05, 3.63) is 0 Å². The van der Waals surface area contributed by atoms with Gasteiger partial charge in [-0.05, 0) is 11.8 Å². The number of hydrogen-bond donors (Lipinski definition) is 2. The summed E-state index contributed by atoms with van der Waals surface area (Å²) in [6.45, 7) is 3.97. The fraction of sp³-hybridized carbons (Fsp3) is 0.909. The van der Waals surface area contributed by atoms with Crippen molar-refractivity contribution in [1.29, 1.82) is 0 Å². The minimum absolute atomic E-state index is 0.00771. The highest BCUT2D eigenvalue weighted by molar-refractivity contribution is 5.78. The molecule has 1 aliphatic heterocycles. The number of halogens is 3. The van der Waals surface area contributed by atoms with Gasteiger partial charge in [-0.3, -0.25) is 9.69 Å². The first kappa shape index (κ1) is 15.2. The van der Waals surface area contributed by atoms with E-state index in [0.717, 1.165) is 6.42 Å². The topological polar surface area (TPSA) is 58.4 Å². The lowest BCUT2D eigenvalue weighted by atomic mass is 9.80. The zero-order valence-corrected chi connectivity index (χ0v) is 10.7. The van der Waals surface area contributed by atoms with Gasteiger partial charge in [0.25, 0.3) is 0 Å². The van der Waals surface area contributed by atoms with Crippen molar-refractivity contribution in [2.75, 3.05) is 26.2 Å². The fourth-order valence-corrected chi connectivity index (χ4v) is 2.08. The molecule has 0 aromatic rings. The Morgan fingerprint density at radius 3 is 2.61 bits per heavy atom. The summed E-state index contributed by atoms with van der Waals surface area (Å²) in [7, 11) is 0. The van der Waals surface area contributed by atoms with E-state index in [9.17, 15) is 18.0 Å². The summed E-state index contributed by atoms with van der Waals surface area (Å²) in [5.41, 5.74) is 5.82. The van der Waals surface area contributed by atoms with Gasteiger partial charge in [0.2, 0.25) is 5.91 Å². The number of nitrogens with two attached hydrogens (primary N) is 1. The van der Waals surface area contributed by atoms with Crippen LogP contribution in [0.1, 0.15) is 20.3 Å². The first-order chi connectivity index (χ1) is 8.10. The van der Waals surface area contributed by atoms with Crippen LogP contribution in [0.3, 0.4) is 0 Å². The predicted octanol–water partition coefficient (Wildman–Crippen LogP) is 0.724. The van der Waals surface area contributed by atoms with E-state index in [1.54, 1.807) is 0 Å². The first-order valence-corrected chi connectivity index (χ1v) is 5.91. The quantitative estimate of drug-likeness (QED) is 0.792. The minimum Gasteiger partial charge on any atom is -0.346 e. The summed E-state index contributed by atoms with van der Waals surface area (Å²) in [6.07, 6.45) is -3.61. The summed E-state index contributed by atoms with van der Waals surface area (Å²) in [4.78, 5) is 13.2. The zero-order chi connectivity index (χ0) is 14.0. The molecule has 1 heterocycles. The van der Waals surface area contributed by atoms with Crippen LogP contribution in [0.25, 0.3) is 0 Å². The lowest BCUT2D eigenvalue weighted by Crippen LogP contribution is -2.54. The second-order valence-electron chi connectivity index (χ2n) is 5.49. The van der Waals surface area contributed by atoms with Crippen LogP contribution in [0.4, 0.5) is 13.2 Å². The molecule has 1 saturated heterocycles. The van der Waals surface area contributed by atoms with E-state index in [1.807, 2.05) is 24.1 Å². The van der Waals surface area contributed by atoms with Crippen LogP contribution in [0.15, 0.2) is 0 Å². The standard InChI is InChI=1S/C11H20F3N3O/c1-10(2)7-17(4-3-8(10)15)5-9(18)16-6-11(12,13)14/h8H,3-7,15H2,1-2H3,(H,16,18). The van der Waals surface area contributed by atoms with E-state index in [2.05, 4.69) is 0 Å². The van der Waals surface area contributed by atoms with Gasteiger partial charge in [-0.1, -0.05) is 13.8 Å². The molecule has 0 spiro atoms. The number of carbonyl (C=O) groups excluding carboxylic acids is 1. The smallest absolute Gasteiger partial charge is 0.346 e. The summed E-state index contributed by atoms with van der Waals surface area (Å²) in [5.74, 6) is -0.599. The molecule has 0 saturated carbocycles. The molecule has 106 valence electrons. The molecule has 0 aromatic carbocycles. The van der Waals surface area contributed by atoms with Gasteiger partial charge >= 0.3 is 6.18 Å². The normalized spacial score (nSPS) is 24.9. The molecule has 1 atom stereocenters. The van der Waals surface area contributed by atoms with Crippen molar-refractivity contribution in [2.45, 2.75) is 32.5 Å². The SMILES string of the molecule is CC1(C)CN(CC(=O)NCC(F)(F)F)CCC1N. The minimum atomic E-state index is -4.36. The molecule has 3 N–H and O–H groups in total. The van der Waals surface area contributed by atoms with Crippen molar-refractivity contribution >= 4 is 5.91 Å². The van der Waals surface area contributed by atoms with Crippen LogP contribution in [0.5, 0.6) is 0 Å². The highest BCUT2D eigenvalue weighted by Crippen LogP contribution is 2.27. The van der Waals surface area contributed by atoms with Crippen molar-refractivity contribution in [3.8, 4) is 0 Å². The number of nitrogens with zero attached hydrogens (tertiary/aromatic N) is 1. The Kier molecular flexibility index (Phi) is 4.61. The van der Waals surface area contributed by atoms with E-state index >= 15 is 0 Å². The Morgan fingerprint density at radius 2 is 2.11 bits per heavy atom. The largest absolute Gasteiger partial charge is 0.405 e. The third-order valence-electron chi connectivity index (χ3n) is 3.24. The molecule has 18 heavy (non-hydrogen) atoms. The number of alkyl halides is 3. The Labute approximate surface area is 105 Å². The Balaban J connectivity index is 2.37. The van der Waals surface area contributed by atoms with Gasteiger partial charge in [-0.2, -0.15) is 13.2 Å². The number of nitrogens with one attached hydrogen (secondary N) is 1. The van der Waals surface area contributed by atoms with Crippen LogP contribution in [0, 0.1) is 5.41 Å². The summed E-state index contributed by atoms with van der Waals surface area (Å²) in [6, 6.07) is 0.0620. The van der Waals surface area contributed by atoms with Gasteiger partial charge in [0.1, 0.15) is 6.54 Å². The number of likely N-dealkylation sites (tertiary alicyclic amines) is 1. The van der Waals surface area contributed by atoms with Crippen molar-refractivity contribution in [2.24, 2.45) is 11.1 Å². The third-order valence-corrected chi connectivity index (χ3v) is 3.24. The molecule has 1 aliphatic rings. The van der Waals surface area contributed by atoms with Crippen LogP contribution in [-0.2, 0) is 4.79 Å². The van der Waals surface area contributed by atoms with Gasteiger partial charge in [-0.25, -0.2) is 0 Å². The highest BCUT2D eigenvalue weighted by Gasteiger charge is 2.34. The molecule has 1 amide bonds. The molecule has 1 fully saturated rings. The average molecular weight is 267 g/mol. The van der Waals surface area contributed by atoms with Crippen LogP contribution in [-0.4, -0.2) is 49.2 Å². The molecule has 1 unspecified atom stereocenters. The highest BCUT2D eigenvalue weighted by atomic mass is 19.4. The van der Waals surface area contributed by atoms with Gasteiger partial charge in [-0.15, -0.1) is 0 Å². The van der Waals surface area contributed by atoms with Crippen molar-refractivity contribution < 1.29 is 18.0 Å². The number of hydrogen-bond acceptors (Lipinski definition) is 3. The second kappa shape index (κ2) is 5.44. The zero-order valence-electron chi connectivity index (χ0n) is 10.7. The van der Waals surface area contributed by atoms with Gasteiger partial charge in [0.05, 0.1) is 6.54 Å². The molecule has 0 aliphatic carbocycles. The summed E-state index contributed by atoms with van der Waals surface area (Å²) in [5, 5.41) is 1.87. The molecule has 0 bridgehead atoms. The maximum atomic E-state index is 11.9. The molecule has 7 heteroatoms. The second-order valence-corrected chi connectivity index (χ2v) is 5.49. The average Bonchev–Trinajstić information content (AvgIpc) is 2.19. The summed E-state index contributed by atoms with van der Waals surface area (Å²) >= 11 is 0. The lowest BCUT2D eigenvalue weighted by molar-refractivity contribution is -0.139. The van der Waals surface area contributed by atoms with Crippen LogP contribution in [0.2, 0.25) is 0 Å². The van der Waals surface area contributed by atoms with E-state index < -0.39 is 18.6 Å². The number of amides is 1. The monoisotopic (exact) mass is 267 g/mol. The Bertz CT molecular complexity index is 304.